The molecular formula is C21H33FIN5O. The molecule has 1 aromatic carbocycles. The van der Waals surface area contributed by atoms with Crippen molar-refractivity contribution in [3.63, 3.8) is 0 Å². The van der Waals surface area contributed by atoms with Crippen LogP contribution < -0.4 is 10.6 Å². The van der Waals surface area contributed by atoms with Crippen LogP contribution in [0.5, 0.6) is 0 Å². The molecule has 8 heteroatoms. The molecule has 0 bridgehead atoms. The number of morpholine rings is 1. The van der Waals surface area contributed by atoms with Crippen molar-refractivity contribution in [1.29, 1.82) is 0 Å². The molecule has 1 unspecified atom stereocenters. The third-order valence-electron chi connectivity index (χ3n) is 5.40. The molecule has 1 fully saturated rings. The van der Waals surface area contributed by atoms with E-state index in [1.54, 1.807) is 19.2 Å². The zero-order valence-electron chi connectivity index (χ0n) is 17.5. The number of fused-ring (bicyclic) bond motifs is 1. The first-order valence-electron chi connectivity index (χ1n) is 10.1. The van der Waals surface area contributed by atoms with Crippen LogP contribution in [0.25, 0.3) is 10.9 Å². The SMILES string of the molecule is CN=C(NCCc1c[nH]c2ccc(F)cc12)NCC(C(C)C)N1CCOCC1.I. The molecule has 3 N–H and O–H groups in total. The van der Waals surface area contributed by atoms with Gasteiger partial charge in [-0.3, -0.25) is 9.89 Å². The standard InChI is InChI=1S/C21H32FN5O.HI/c1-15(2)20(27-8-10-28-11-9-27)14-26-21(23-3)24-7-6-16-13-25-19-5-4-17(22)12-18(16)19;/h4-5,12-13,15,20,25H,6-11,14H2,1-3H3,(H2,23,24,26);1H. The van der Waals surface area contributed by atoms with Crippen LogP contribution >= 0.6 is 24.0 Å². The Hall–Kier alpha value is -1.39. The van der Waals surface area contributed by atoms with E-state index in [2.05, 4.69) is 39.4 Å². The third-order valence-corrected chi connectivity index (χ3v) is 5.40. The molecular weight excluding hydrogens is 484 g/mol. The second kappa shape index (κ2) is 11.7. The zero-order valence-corrected chi connectivity index (χ0v) is 19.8. The molecule has 1 aromatic heterocycles. The number of aromatic amines is 1. The number of guanidine groups is 1. The maximum atomic E-state index is 13.5. The number of halogens is 2. The van der Waals surface area contributed by atoms with Crippen molar-refractivity contribution in [3.8, 4) is 0 Å². The lowest BCUT2D eigenvalue weighted by Crippen LogP contribution is -2.52. The summed E-state index contributed by atoms with van der Waals surface area (Å²) < 4.78 is 19.0. The van der Waals surface area contributed by atoms with Gasteiger partial charge in [0.05, 0.1) is 13.2 Å². The molecule has 0 radical (unpaired) electrons. The van der Waals surface area contributed by atoms with Crippen LogP contribution in [0.3, 0.4) is 0 Å². The predicted molar refractivity (Wildman–Crippen MR) is 128 cm³/mol. The van der Waals surface area contributed by atoms with Crippen molar-refractivity contribution < 1.29 is 9.13 Å². The molecule has 0 aliphatic carbocycles. The number of nitrogens with zero attached hydrogens (tertiary/aromatic N) is 2. The highest BCUT2D eigenvalue weighted by Crippen LogP contribution is 2.19. The lowest BCUT2D eigenvalue weighted by atomic mass is 10.0. The van der Waals surface area contributed by atoms with Gasteiger partial charge in [0, 0.05) is 56.4 Å². The second-order valence-corrected chi connectivity index (χ2v) is 7.59. The number of hydrogen-bond acceptors (Lipinski definition) is 3. The molecule has 3 rings (SSSR count). The van der Waals surface area contributed by atoms with Gasteiger partial charge in [-0.2, -0.15) is 0 Å². The number of ether oxygens (including phenoxy) is 1. The van der Waals surface area contributed by atoms with E-state index in [0.29, 0.717) is 12.0 Å². The Morgan fingerprint density at radius 2 is 2.03 bits per heavy atom. The first-order valence-corrected chi connectivity index (χ1v) is 10.1. The highest BCUT2D eigenvalue weighted by molar-refractivity contribution is 14.0. The fourth-order valence-electron chi connectivity index (χ4n) is 3.79. The lowest BCUT2D eigenvalue weighted by molar-refractivity contribution is 0.00752. The predicted octanol–water partition coefficient (Wildman–Crippen LogP) is 2.99. The number of benzene rings is 1. The molecule has 0 spiro atoms. The molecule has 162 valence electrons. The van der Waals surface area contributed by atoms with Crippen molar-refractivity contribution in [2.75, 3.05) is 46.4 Å². The second-order valence-electron chi connectivity index (χ2n) is 7.59. The summed E-state index contributed by atoms with van der Waals surface area (Å²) in [5, 5.41) is 7.78. The minimum Gasteiger partial charge on any atom is -0.379 e. The molecule has 29 heavy (non-hydrogen) atoms. The maximum Gasteiger partial charge on any atom is 0.191 e. The van der Waals surface area contributed by atoms with Crippen LogP contribution in [0, 0.1) is 11.7 Å². The smallest absolute Gasteiger partial charge is 0.191 e. The van der Waals surface area contributed by atoms with E-state index in [4.69, 9.17) is 4.74 Å². The van der Waals surface area contributed by atoms with Gasteiger partial charge in [-0.1, -0.05) is 13.8 Å². The van der Waals surface area contributed by atoms with E-state index in [0.717, 1.165) is 68.2 Å². The Kier molecular flexibility index (Phi) is 9.64. The summed E-state index contributed by atoms with van der Waals surface area (Å²) in [4.78, 5) is 10.0. The summed E-state index contributed by atoms with van der Waals surface area (Å²) in [5.74, 6) is 1.14. The Balaban J connectivity index is 0.00000300. The molecule has 2 aromatic rings. The number of H-pyrrole nitrogens is 1. The maximum absolute atomic E-state index is 13.5. The first-order chi connectivity index (χ1) is 13.6. The van der Waals surface area contributed by atoms with Crippen molar-refractivity contribution in [1.82, 2.24) is 20.5 Å². The fourth-order valence-corrected chi connectivity index (χ4v) is 3.79. The summed E-state index contributed by atoms with van der Waals surface area (Å²) in [5.41, 5.74) is 2.06. The third kappa shape index (κ3) is 6.55. The topological polar surface area (TPSA) is 64.7 Å². The zero-order chi connectivity index (χ0) is 19.9. The summed E-state index contributed by atoms with van der Waals surface area (Å²) >= 11 is 0. The quantitative estimate of drug-likeness (QED) is 0.300. The summed E-state index contributed by atoms with van der Waals surface area (Å²) in [6.07, 6.45) is 2.75. The Bertz CT molecular complexity index is 788. The average Bonchev–Trinajstić information content (AvgIpc) is 3.09. The molecule has 1 saturated heterocycles. The van der Waals surface area contributed by atoms with Gasteiger partial charge in [-0.25, -0.2) is 4.39 Å². The van der Waals surface area contributed by atoms with Gasteiger partial charge in [-0.15, -0.1) is 24.0 Å². The minimum atomic E-state index is -0.207. The lowest BCUT2D eigenvalue weighted by Gasteiger charge is -2.37. The van der Waals surface area contributed by atoms with Crippen LogP contribution in [0.2, 0.25) is 0 Å². The Labute approximate surface area is 189 Å². The molecule has 2 heterocycles. The van der Waals surface area contributed by atoms with Gasteiger partial charge in [0.1, 0.15) is 5.82 Å². The van der Waals surface area contributed by atoms with Crippen LogP contribution in [0.15, 0.2) is 29.4 Å². The summed E-state index contributed by atoms with van der Waals surface area (Å²) in [7, 11) is 1.79. The highest BCUT2D eigenvalue weighted by atomic mass is 127. The van der Waals surface area contributed by atoms with Gasteiger partial charge in [0.2, 0.25) is 0 Å². The van der Waals surface area contributed by atoms with Gasteiger partial charge >= 0.3 is 0 Å². The van der Waals surface area contributed by atoms with Crippen molar-refractivity contribution in [2.45, 2.75) is 26.3 Å². The normalized spacial score (nSPS) is 16.7. The average molecular weight is 517 g/mol. The molecule has 6 nitrogen and oxygen atoms in total. The molecule has 1 aliphatic rings. The number of rotatable bonds is 7. The van der Waals surface area contributed by atoms with Crippen LogP contribution in [0.4, 0.5) is 4.39 Å². The van der Waals surface area contributed by atoms with Crippen molar-refractivity contribution >= 4 is 40.8 Å². The van der Waals surface area contributed by atoms with E-state index in [1.807, 2.05) is 6.20 Å². The van der Waals surface area contributed by atoms with Crippen LogP contribution in [0.1, 0.15) is 19.4 Å². The van der Waals surface area contributed by atoms with Gasteiger partial charge in [-0.05, 0) is 36.1 Å². The largest absolute Gasteiger partial charge is 0.379 e. The van der Waals surface area contributed by atoms with E-state index in [1.165, 1.54) is 6.07 Å². The first kappa shape index (κ1) is 23.9. The molecule has 0 saturated carbocycles. The molecule has 0 amide bonds. The Morgan fingerprint density at radius 3 is 2.72 bits per heavy atom. The van der Waals surface area contributed by atoms with E-state index in [-0.39, 0.29) is 29.8 Å². The molecule has 1 atom stereocenters. The number of aromatic nitrogens is 1. The van der Waals surface area contributed by atoms with E-state index < -0.39 is 0 Å². The Morgan fingerprint density at radius 1 is 1.28 bits per heavy atom. The minimum absolute atomic E-state index is 0. The summed E-state index contributed by atoms with van der Waals surface area (Å²) in [6, 6.07) is 5.29. The van der Waals surface area contributed by atoms with Gasteiger partial charge in [0.25, 0.3) is 0 Å². The van der Waals surface area contributed by atoms with Gasteiger partial charge in [0.15, 0.2) is 5.96 Å². The number of hydrogen-bond donors (Lipinski definition) is 3. The number of aliphatic imine (C=N–C) groups is 1. The van der Waals surface area contributed by atoms with Crippen LogP contribution in [-0.2, 0) is 11.2 Å². The van der Waals surface area contributed by atoms with Crippen molar-refractivity contribution in [3.05, 3.63) is 35.8 Å². The monoisotopic (exact) mass is 517 g/mol. The molecule has 1 aliphatic heterocycles. The van der Waals surface area contributed by atoms with Crippen LogP contribution in [-0.4, -0.2) is 68.3 Å². The summed E-state index contributed by atoms with van der Waals surface area (Å²) in [6.45, 7) is 9.66. The number of nitrogens with one attached hydrogen (secondary N) is 3. The highest BCUT2D eigenvalue weighted by Gasteiger charge is 2.23. The van der Waals surface area contributed by atoms with E-state index >= 15 is 0 Å². The van der Waals surface area contributed by atoms with E-state index in [9.17, 15) is 4.39 Å². The van der Waals surface area contributed by atoms with Crippen molar-refractivity contribution in [2.24, 2.45) is 10.9 Å². The fraction of sp³-hybridized carbons (Fsp3) is 0.571. The van der Waals surface area contributed by atoms with Gasteiger partial charge < -0.3 is 20.4 Å².